The van der Waals surface area contributed by atoms with Crippen molar-refractivity contribution in [3.63, 3.8) is 0 Å². The molecule has 0 radical (unpaired) electrons. The summed E-state index contributed by atoms with van der Waals surface area (Å²) in [5, 5.41) is 19.3. The third kappa shape index (κ3) is 2.43. The number of hydrogen-bond donors (Lipinski definition) is 2. The molecule has 0 atom stereocenters. The SMILES string of the molecule is CCCn1c(C)c(CCCO)c2c(C(=O)O)cccc21. The van der Waals surface area contributed by atoms with Gasteiger partial charge in [-0.25, -0.2) is 4.79 Å². The second-order valence-corrected chi connectivity index (χ2v) is 5.05. The minimum atomic E-state index is -0.894. The molecular formula is C16H21NO3. The van der Waals surface area contributed by atoms with Gasteiger partial charge in [-0.15, -0.1) is 0 Å². The summed E-state index contributed by atoms with van der Waals surface area (Å²) >= 11 is 0. The molecule has 2 N–H and O–H groups in total. The lowest BCUT2D eigenvalue weighted by molar-refractivity contribution is 0.0699. The molecule has 0 bridgehead atoms. The summed E-state index contributed by atoms with van der Waals surface area (Å²) in [6.45, 7) is 5.15. The van der Waals surface area contributed by atoms with E-state index in [2.05, 4.69) is 11.5 Å². The molecule has 108 valence electrons. The normalized spacial score (nSPS) is 11.2. The molecule has 4 nitrogen and oxygen atoms in total. The summed E-state index contributed by atoms with van der Waals surface area (Å²) in [6, 6.07) is 5.43. The first-order valence-electron chi connectivity index (χ1n) is 7.06. The quantitative estimate of drug-likeness (QED) is 0.852. The van der Waals surface area contributed by atoms with E-state index in [0.29, 0.717) is 18.4 Å². The number of fused-ring (bicyclic) bond motifs is 1. The van der Waals surface area contributed by atoms with Crippen LogP contribution in [0.25, 0.3) is 10.9 Å². The monoisotopic (exact) mass is 275 g/mol. The summed E-state index contributed by atoms with van der Waals surface area (Å²) in [4.78, 5) is 11.5. The van der Waals surface area contributed by atoms with E-state index in [0.717, 1.165) is 35.1 Å². The van der Waals surface area contributed by atoms with Crippen molar-refractivity contribution in [1.82, 2.24) is 4.57 Å². The topological polar surface area (TPSA) is 62.5 Å². The lowest BCUT2D eigenvalue weighted by atomic mass is 10.0. The molecule has 2 rings (SSSR count). The minimum Gasteiger partial charge on any atom is -0.478 e. The number of rotatable bonds is 6. The molecule has 0 unspecified atom stereocenters. The van der Waals surface area contributed by atoms with Gasteiger partial charge in [0.25, 0.3) is 0 Å². The Kier molecular flexibility index (Phi) is 4.45. The van der Waals surface area contributed by atoms with Crippen LogP contribution in [0, 0.1) is 6.92 Å². The Balaban J connectivity index is 2.73. The Morgan fingerprint density at radius 2 is 2.10 bits per heavy atom. The van der Waals surface area contributed by atoms with Gasteiger partial charge in [-0.1, -0.05) is 13.0 Å². The fourth-order valence-corrected chi connectivity index (χ4v) is 2.86. The van der Waals surface area contributed by atoms with Gasteiger partial charge in [0.15, 0.2) is 0 Å². The lowest BCUT2D eigenvalue weighted by Gasteiger charge is -2.06. The number of aliphatic hydroxyl groups excluding tert-OH is 1. The lowest BCUT2D eigenvalue weighted by Crippen LogP contribution is -2.00. The molecule has 0 saturated carbocycles. The van der Waals surface area contributed by atoms with Gasteiger partial charge in [-0.3, -0.25) is 0 Å². The van der Waals surface area contributed by atoms with Crippen molar-refractivity contribution in [2.45, 2.75) is 39.7 Å². The van der Waals surface area contributed by atoms with Gasteiger partial charge in [-0.05, 0) is 43.9 Å². The van der Waals surface area contributed by atoms with Crippen molar-refractivity contribution in [1.29, 1.82) is 0 Å². The fraction of sp³-hybridized carbons (Fsp3) is 0.438. The van der Waals surface area contributed by atoms with Crippen LogP contribution < -0.4 is 0 Å². The van der Waals surface area contributed by atoms with E-state index in [1.165, 1.54) is 0 Å². The highest BCUT2D eigenvalue weighted by atomic mass is 16.4. The van der Waals surface area contributed by atoms with Crippen molar-refractivity contribution < 1.29 is 15.0 Å². The molecule has 0 amide bonds. The van der Waals surface area contributed by atoms with Gasteiger partial charge in [0, 0.05) is 29.7 Å². The predicted molar refractivity (Wildman–Crippen MR) is 79.3 cm³/mol. The van der Waals surface area contributed by atoms with E-state index in [-0.39, 0.29) is 6.61 Å². The molecule has 1 aromatic carbocycles. The van der Waals surface area contributed by atoms with Crippen LogP contribution in [0.1, 0.15) is 41.4 Å². The predicted octanol–water partition coefficient (Wildman–Crippen LogP) is 2.98. The highest BCUT2D eigenvalue weighted by molar-refractivity contribution is 6.05. The Morgan fingerprint density at radius 3 is 2.70 bits per heavy atom. The van der Waals surface area contributed by atoms with Crippen molar-refractivity contribution in [3.8, 4) is 0 Å². The second-order valence-electron chi connectivity index (χ2n) is 5.05. The van der Waals surface area contributed by atoms with Crippen molar-refractivity contribution in [3.05, 3.63) is 35.0 Å². The zero-order chi connectivity index (χ0) is 14.7. The molecule has 0 saturated heterocycles. The summed E-state index contributed by atoms with van der Waals surface area (Å²) in [6.07, 6.45) is 2.36. The van der Waals surface area contributed by atoms with Crippen molar-refractivity contribution in [2.75, 3.05) is 6.61 Å². The van der Waals surface area contributed by atoms with Crippen LogP contribution >= 0.6 is 0 Å². The zero-order valence-electron chi connectivity index (χ0n) is 12.0. The van der Waals surface area contributed by atoms with E-state index in [9.17, 15) is 9.90 Å². The minimum absolute atomic E-state index is 0.120. The molecule has 4 heteroatoms. The summed E-state index contributed by atoms with van der Waals surface area (Å²) in [7, 11) is 0. The Hall–Kier alpha value is -1.81. The molecule has 2 aromatic rings. The molecule has 0 aliphatic carbocycles. The standard InChI is InChI=1S/C16H21NO3/c1-3-9-17-11(2)12(7-5-10-18)15-13(16(19)20)6-4-8-14(15)17/h4,6,8,18H,3,5,7,9-10H2,1-2H3,(H,19,20). The van der Waals surface area contributed by atoms with Crippen LogP contribution in [-0.4, -0.2) is 27.4 Å². The van der Waals surface area contributed by atoms with Crippen LogP contribution in [0.2, 0.25) is 0 Å². The van der Waals surface area contributed by atoms with E-state index >= 15 is 0 Å². The summed E-state index contributed by atoms with van der Waals surface area (Å²) < 4.78 is 2.19. The van der Waals surface area contributed by atoms with Crippen LogP contribution in [0.3, 0.4) is 0 Å². The van der Waals surface area contributed by atoms with Crippen molar-refractivity contribution in [2.24, 2.45) is 0 Å². The maximum absolute atomic E-state index is 11.5. The molecule has 0 aliphatic rings. The smallest absolute Gasteiger partial charge is 0.336 e. The Bertz CT molecular complexity index is 628. The highest BCUT2D eigenvalue weighted by Crippen LogP contribution is 2.30. The average molecular weight is 275 g/mol. The molecule has 0 fully saturated rings. The first-order valence-corrected chi connectivity index (χ1v) is 7.06. The number of nitrogens with zero attached hydrogens (tertiary/aromatic N) is 1. The number of carboxylic acid groups (broad SMARTS) is 1. The summed E-state index contributed by atoms with van der Waals surface area (Å²) in [5.41, 5.74) is 3.51. The van der Waals surface area contributed by atoms with Gasteiger partial charge < -0.3 is 14.8 Å². The number of aryl methyl sites for hydroxylation is 2. The average Bonchev–Trinajstić information content (AvgIpc) is 2.70. The van der Waals surface area contributed by atoms with Gasteiger partial charge in [0.2, 0.25) is 0 Å². The molecule has 0 aliphatic heterocycles. The van der Waals surface area contributed by atoms with Gasteiger partial charge in [-0.2, -0.15) is 0 Å². The van der Waals surface area contributed by atoms with Gasteiger partial charge in [0.1, 0.15) is 0 Å². The number of carbonyl (C=O) groups is 1. The molecule has 1 heterocycles. The van der Waals surface area contributed by atoms with E-state index < -0.39 is 5.97 Å². The molecule has 1 aromatic heterocycles. The number of benzene rings is 1. The summed E-state index contributed by atoms with van der Waals surface area (Å²) in [5.74, 6) is -0.894. The maximum atomic E-state index is 11.5. The number of aliphatic hydroxyl groups is 1. The third-order valence-corrected chi connectivity index (χ3v) is 3.74. The van der Waals surface area contributed by atoms with Crippen LogP contribution in [0.15, 0.2) is 18.2 Å². The van der Waals surface area contributed by atoms with Crippen LogP contribution in [0.4, 0.5) is 0 Å². The molecule has 0 spiro atoms. The molecular weight excluding hydrogens is 254 g/mol. The van der Waals surface area contributed by atoms with Gasteiger partial charge >= 0.3 is 5.97 Å². The highest BCUT2D eigenvalue weighted by Gasteiger charge is 2.19. The third-order valence-electron chi connectivity index (χ3n) is 3.74. The Labute approximate surface area is 118 Å². The van der Waals surface area contributed by atoms with Crippen LogP contribution in [0.5, 0.6) is 0 Å². The van der Waals surface area contributed by atoms with E-state index in [4.69, 9.17) is 5.11 Å². The van der Waals surface area contributed by atoms with E-state index in [1.807, 2.05) is 13.0 Å². The second kappa shape index (κ2) is 6.09. The number of aromatic nitrogens is 1. The number of aromatic carboxylic acids is 1. The number of carboxylic acids is 1. The number of hydrogen-bond acceptors (Lipinski definition) is 2. The fourth-order valence-electron chi connectivity index (χ4n) is 2.86. The first kappa shape index (κ1) is 14.6. The largest absolute Gasteiger partial charge is 0.478 e. The van der Waals surface area contributed by atoms with Crippen molar-refractivity contribution >= 4 is 16.9 Å². The van der Waals surface area contributed by atoms with E-state index in [1.54, 1.807) is 12.1 Å². The Morgan fingerprint density at radius 1 is 1.35 bits per heavy atom. The zero-order valence-corrected chi connectivity index (χ0v) is 12.0. The van der Waals surface area contributed by atoms with Crippen LogP contribution in [-0.2, 0) is 13.0 Å². The maximum Gasteiger partial charge on any atom is 0.336 e. The first-order chi connectivity index (χ1) is 9.61. The molecule has 20 heavy (non-hydrogen) atoms. The van der Waals surface area contributed by atoms with Gasteiger partial charge in [0.05, 0.1) is 5.56 Å².